The SMILES string of the molecule is Cc1cccn(Cc2cc(F)cc(C#N)c2)c1=O. The molecule has 0 aliphatic carbocycles. The predicted molar refractivity (Wildman–Crippen MR) is 65.7 cm³/mol. The molecule has 0 fully saturated rings. The first-order valence-corrected chi connectivity index (χ1v) is 5.46. The summed E-state index contributed by atoms with van der Waals surface area (Å²) in [5, 5.41) is 8.77. The van der Waals surface area contributed by atoms with E-state index in [2.05, 4.69) is 0 Å². The normalized spacial score (nSPS) is 10.1. The van der Waals surface area contributed by atoms with E-state index < -0.39 is 5.82 Å². The van der Waals surface area contributed by atoms with E-state index in [0.717, 1.165) is 0 Å². The quantitative estimate of drug-likeness (QED) is 0.810. The van der Waals surface area contributed by atoms with Crippen molar-refractivity contribution in [3.8, 4) is 6.07 Å². The Balaban J connectivity index is 2.41. The van der Waals surface area contributed by atoms with Gasteiger partial charge in [-0.05, 0) is 36.8 Å². The van der Waals surface area contributed by atoms with Gasteiger partial charge in [-0.3, -0.25) is 4.79 Å². The van der Waals surface area contributed by atoms with Gasteiger partial charge >= 0.3 is 0 Å². The van der Waals surface area contributed by atoms with E-state index in [4.69, 9.17) is 5.26 Å². The summed E-state index contributed by atoms with van der Waals surface area (Å²) in [5.74, 6) is -0.468. The van der Waals surface area contributed by atoms with Gasteiger partial charge in [0, 0.05) is 11.8 Å². The van der Waals surface area contributed by atoms with Gasteiger partial charge < -0.3 is 4.57 Å². The van der Waals surface area contributed by atoms with Crippen LogP contribution in [0, 0.1) is 24.1 Å². The summed E-state index contributed by atoms with van der Waals surface area (Å²) in [6, 6.07) is 9.46. The highest BCUT2D eigenvalue weighted by Crippen LogP contribution is 2.09. The molecule has 1 aromatic heterocycles. The number of benzene rings is 1. The van der Waals surface area contributed by atoms with Gasteiger partial charge in [0.05, 0.1) is 18.2 Å². The van der Waals surface area contributed by atoms with Crippen molar-refractivity contribution in [1.29, 1.82) is 5.26 Å². The van der Waals surface area contributed by atoms with Crippen molar-refractivity contribution < 1.29 is 4.39 Å². The highest BCUT2D eigenvalue weighted by molar-refractivity contribution is 5.33. The third kappa shape index (κ3) is 2.46. The van der Waals surface area contributed by atoms with Crippen molar-refractivity contribution in [2.24, 2.45) is 0 Å². The lowest BCUT2D eigenvalue weighted by Crippen LogP contribution is -2.21. The maximum atomic E-state index is 13.3. The average molecular weight is 242 g/mol. The van der Waals surface area contributed by atoms with Gasteiger partial charge in [-0.1, -0.05) is 6.07 Å². The molecule has 0 aliphatic heterocycles. The van der Waals surface area contributed by atoms with E-state index in [9.17, 15) is 9.18 Å². The fourth-order valence-electron chi connectivity index (χ4n) is 1.78. The molecule has 90 valence electrons. The van der Waals surface area contributed by atoms with Crippen LogP contribution in [0.15, 0.2) is 41.3 Å². The summed E-state index contributed by atoms with van der Waals surface area (Å²) >= 11 is 0. The van der Waals surface area contributed by atoms with Gasteiger partial charge in [-0.2, -0.15) is 5.26 Å². The van der Waals surface area contributed by atoms with Crippen LogP contribution in [0.5, 0.6) is 0 Å². The van der Waals surface area contributed by atoms with Crippen LogP contribution >= 0.6 is 0 Å². The number of nitrogens with zero attached hydrogens (tertiary/aromatic N) is 2. The molecule has 1 aromatic carbocycles. The second kappa shape index (κ2) is 4.84. The molecule has 0 bridgehead atoms. The molecule has 0 atom stereocenters. The van der Waals surface area contributed by atoms with E-state index in [1.165, 1.54) is 16.7 Å². The number of halogens is 1. The molecule has 0 N–H and O–H groups in total. The fraction of sp³-hybridized carbons (Fsp3) is 0.143. The third-order valence-electron chi connectivity index (χ3n) is 2.65. The monoisotopic (exact) mass is 242 g/mol. The zero-order chi connectivity index (χ0) is 13.1. The maximum absolute atomic E-state index is 13.3. The van der Waals surface area contributed by atoms with Crippen molar-refractivity contribution in [3.63, 3.8) is 0 Å². The molecule has 3 nitrogen and oxygen atoms in total. The lowest BCUT2D eigenvalue weighted by atomic mass is 10.1. The van der Waals surface area contributed by atoms with Crippen LogP contribution in [0.25, 0.3) is 0 Å². The first-order chi connectivity index (χ1) is 8.60. The summed E-state index contributed by atoms with van der Waals surface area (Å²) in [6.45, 7) is 1.98. The highest BCUT2D eigenvalue weighted by atomic mass is 19.1. The lowest BCUT2D eigenvalue weighted by Gasteiger charge is -2.07. The average Bonchev–Trinajstić information content (AvgIpc) is 2.34. The molecule has 2 aromatic rings. The largest absolute Gasteiger partial charge is 0.311 e. The summed E-state index contributed by atoms with van der Waals surface area (Å²) < 4.78 is 14.8. The van der Waals surface area contributed by atoms with Crippen LogP contribution in [0.1, 0.15) is 16.7 Å². The molecule has 0 aliphatic rings. The second-order valence-electron chi connectivity index (χ2n) is 4.08. The zero-order valence-electron chi connectivity index (χ0n) is 9.85. The molecule has 18 heavy (non-hydrogen) atoms. The minimum Gasteiger partial charge on any atom is -0.311 e. The van der Waals surface area contributed by atoms with Crippen molar-refractivity contribution in [3.05, 3.63) is 69.4 Å². The van der Waals surface area contributed by atoms with E-state index in [1.54, 1.807) is 31.3 Å². The summed E-state index contributed by atoms with van der Waals surface area (Å²) in [6.07, 6.45) is 1.65. The Morgan fingerprint density at radius 2 is 2.17 bits per heavy atom. The minimum absolute atomic E-state index is 0.111. The van der Waals surface area contributed by atoms with Crippen molar-refractivity contribution in [2.75, 3.05) is 0 Å². The Kier molecular flexibility index (Phi) is 3.24. The number of rotatable bonds is 2. The maximum Gasteiger partial charge on any atom is 0.253 e. The zero-order valence-corrected chi connectivity index (χ0v) is 9.85. The van der Waals surface area contributed by atoms with Crippen LogP contribution < -0.4 is 5.56 Å². The molecule has 0 saturated carbocycles. The second-order valence-corrected chi connectivity index (χ2v) is 4.08. The standard InChI is InChI=1S/C14H11FN2O/c1-10-3-2-4-17(14(10)18)9-12-5-11(8-16)6-13(15)7-12/h2-7H,9H2,1H3. The highest BCUT2D eigenvalue weighted by Gasteiger charge is 2.03. The Labute approximate surface area is 104 Å². The number of aromatic nitrogens is 1. The van der Waals surface area contributed by atoms with Gasteiger partial charge in [-0.15, -0.1) is 0 Å². The number of nitriles is 1. The van der Waals surface area contributed by atoms with Crippen LogP contribution in [0.4, 0.5) is 4.39 Å². The summed E-state index contributed by atoms with van der Waals surface area (Å²) in [4.78, 5) is 11.8. The Hall–Kier alpha value is -2.41. The third-order valence-corrected chi connectivity index (χ3v) is 2.65. The molecule has 0 radical (unpaired) electrons. The fourth-order valence-corrected chi connectivity index (χ4v) is 1.78. The van der Waals surface area contributed by atoms with Crippen molar-refractivity contribution in [2.45, 2.75) is 13.5 Å². The minimum atomic E-state index is -0.468. The molecule has 0 saturated heterocycles. The lowest BCUT2D eigenvalue weighted by molar-refractivity contribution is 0.622. The number of aryl methyl sites for hydroxylation is 1. The molecule has 0 unspecified atom stereocenters. The van der Waals surface area contributed by atoms with Crippen LogP contribution in [0.3, 0.4) is 0 Å². The molecule has 4 heteroatoms. The Bertz CT molecular complexity index is 683. The van der Waals surface area contributed by atoms with Gasteiger partial charge in [0.1, 0.15) is 5.82 Å². The topological polar surface area (TPSA) is 45.8 Å². The van der Waals surface area contributed by atoms with Gasteiger partial charge in [0.15, 0.2) is 0 Å². The van der Waals surface area contributed by atoms with E-state index in [0.29, 0.717) is 11.1 Å². The van der Waals surface area contributed by atoms with Crippen molar-refractivity contribution in [1.82, 2.24) is 4.57 Å². The molecule has 0 amide bonds. The molecule has 0 spiro atoms. The van der Waals surface area contributed by atoms with Gasteiger partial charge in [0.2, 0.25) is 0 Å². The van der Waals surface area contributed by atoms with Crippen molar-refractivity contribution >= 4 is 0 Å². The Morgan fingerprint density at radius 3 is 2.89 bits per heavy atom. The van der Waals surface area contributed by atoms with Crippen LogP contribution in [-0.2, 0) is 6.54 Å². The number of hydrogen-bond donors (Lipinski definition) is 0. The predicted octanol–water partition coefficient (Wildman–Crippen LogP) is 2.22. The molecule has 2 rings (SSSR count). The summed E-state index contributed by atoms with van der Waals surface area (Å²) in [7, 11) is 0. The van der Waals surface area contributed by atoms with Crippen LogP contribution in [-0.4, -0.2) is 4.57 Å². The molecule has 1 heterocycles. The van der Waals surface area contributed by atoms with Gasteiger partial charge in [0.25, 0.3) is 5.56 Å². The van der Waals surface area contributed by atoms with Crippen LogP contribution in [0.2, 0.25) is 0 Å². The number of hydrogen-bond acceptors (Lipinski definition) is 2. The van der Waals surface area contributed by atoms with E-state index in [-0.39, 0.29) is 17.7 Å². The van der Waals surface area contributed by atoms with E-state index in [1.807, 2.05) is 6.07 Å². The van der Waals surface area contributed by atoms with Gasteiger partial charge in [-0.25, -0.2) is 4.39 Å². The first-order valence-electron chi connectivity index (χ1n) is 5.46. The summed E-state index contributed by atoms with van der Waals surface area (Å²) in [5.41, 5.74) is 1.37. The Morgan fingerprint density at radius 1 is 1.39 bits per heavy atom. The molecular weight excluding hydrogens is 231 g/mol. The smallest absolute Gasteiger partial charge is 0.253 e. The molecular formula is C14H11FN2O. The van der Waals surface area contributed by atoms with E-state index >= 15 is 0 Å². The number of pyridine rings is 1. The first kappa shape index (κ1) is 12.1.